The standard InChI is InChI=1S/C11H11Br2N3O2S/c12-7-1-2-10(9(13)3-7)14-4-8(17)6-18-11-5-15-19-16-11/h1-3,5,8,14,17H,4,6H2. The van der Waals surface area contributed by atoms with Crippen LogP contribution in [-0.2, 0) is 0 Å². The number of nitrogens with zero attached hydrogens (tertiary/aromatic N) is 2. The van der Waals surface area contributed by atoms with E-state index in [0.29, 0.717) is 12.4 Å². The van der Waals surface area contributed by atoms with Crippen molar-refractivity contribution in [2.45, 2.75) is 6.10 Å². The first-order chi connectivity index (χ1) is 9.15. The predicted octanol–water partition coefficient (Wildman–Crippen LogP) is 2.91. The predicted molar refractivity (Wildman–Crippen MR) is 81.7 cm³/mol. The van der Waals surface area contributed by atoms with Gasteiger partial charge in [-0.3, -0.25) is 0 Å². The number of anilines is 1. The van der Waals surface area contributed by atoms with Crippen molar-refractivity contribution in [1.29, 1.82) is 0 Å². The van der Waals surface area contributed by atoms with Crippen LogP contribution in [0.15, 0.2) is 33.3 Å². The lowest BCUT2D eigenvalue weighted by molar-refractivity contribution is 0.115. The van der Waals surface area contributed by atoms with E-state index in [2.05, 4.69) is 45.9 Å². The van der Waals surface area contributed by atoms with Gasteiger partial charge < -0.3 is 15.2 Å². The molecule has 1 heterocycles. The molecule has 1 unspecified atom stereocenters. The highest BCUT2D eigenvalue weighted by Crippen LogP contribution is 2.26. The summed E-state index contributed by atoms with van der Waals surface area (Å²) in [6.07, 6.45) is 0.896. The summed E-state index contributed by atoms with van der Waals surface area (Å²) in [7, 11) is 0. The van der Waals surface area contributed by atoms with Gasteiger partial charge in [0.15, 0.2) is 0 Å². The summed E-state index contributed by atoms with van der Waals surface area (Å²) < 4.78 is 14.9. The van der Waals surface area contributed by atoms with Crippen molar-refractivity contribution < 1.29 is 9.84 Å². The van der Waals surface area contributed by atoms with E-state index >= 15 is 0 Å². The molecule has 1 aromatic heterocycles. The second-order valence-corrected chi connectivity index (χ2v) is 6.04. The number of nitrogens with one attached hydrogen (secondary N) is 1. The first kappa shape index (κ1) is 14.7. The molecule has 102 valence electrons. The molecule has 0 aliphatic rings. The Hall–Kier alpha value is -0.700. The van der Waals surface area contributed by atoms with Crippen molar-refractivity contribution in [2.24, 2.45) is 0 Å². The molecule has 0 spiro atoms. The van der Waals surface area contributed by atoms with E-state index < -0.39 is 6.10 Å². The maximum atomic E-state index is 9.80. The Kier molecular flexibility index (Phi) is 5.56. The molecule has 1 aromatic carbocycles. The van der Waals surface area contributed by atoms with Crippen LogP contribution >= 0.6 is 43.6 Å². The third-order valence-corrected chi connectivity index (χ3v) is 3.83. The van der Waals surface area contributed by atoms with Crippen LogP contribution in [0.2, 0.25) is 0 Å². The average molecular weight is 409 g/mol. The summed E-state index contributed by atoms with van der Waals surface area (Å²) in [5.74, 6) is 0.439. The Labute approximate surface area is 131 Å². The third kappa shape index (κ3) is 4.72. The Morgan fingerprint density at radius 3 is 2.95 bits per heavy atom. The van der Waals surface area contributed by atoms with Gasteiger partial charge in [0.2, 0.25) is 5.88 Å². The number of benzene rings is 1. The monoisotopic (exact) mass is 407 g/mol. The normalized spacial score (nSPS) is 12.2. The van der Waals surface area contributed by atoms with Crippen molar-refractivity contribution in [1.82, 2.24) is 8.75 Å². The summed E-state index contributed by atoms with van der Waals surface area (Å²) in [5, 5.41) is 12.9. The minimum Gasteiger partial charge on any atom is -0.473 e. The van der Waals surface area contributed by atoms with Gasteiger partial charge in [-0.15, -0.1) is 4.37 Å². The maximum absolute atomic E-state index is 9.80. The zero-order valence-corrected chi connectivity index (χ0v) is 13.7. The van der Waals surface area contributed by atoms with Crippen LogP contribution in [0.1, 0.15) is 0 Å². The molecule has 0 radical (unpaired) electrons. The van der Waals surface area contributed by atoms with Gasteiger partial charge in [-0.1, -0.05) is 15.9 Å². The summed E-state index contributed by atoms with van der Waals surface area (Å²) in [4.78, 5) is 0. The number of aliphatic hydroxyl groups is 1. The molecule has 0 bridgehead atoms. The molecule has 5 nitrogen and oxygen atoms in total. The molecule has 2 aromatic rings. The molecule has 0 saturated carbocycles. The fourth-order valence-corrected chi connectivity index (χ4v) is 2.87. The largest absolute Gasteiger partial charge is 0.473 e. The van der Waals surface area contributed by atoms with Gasteiger partial charge in [0, 0.05) is 21.2 Å². The molecule has 0 aliphatic carbocycles. The van der Waals surface area contributed by atoms with Crippen LogP contribution in [0.3, 0.4) is 0 Å². The molecule has 0 aliphatic heterocycles. The van der Waals surface area contributed by atoms with E-state index in [1.165, 1.54) is 6.20 Å². The van der Waals surface area contributed by atoms with E-state index in [9.17, 15) is 5.11 Å². The van der Waals surface area contributed by atoms with Gasteiger partial charge in [0.1, 0.15) is 18.9 Å². The first-order valence-electron chi connectivity index (χ1n) is 5.42. The van der Waals surface area contributed by atoms with E-state index in [1.54, 1.807) is 0 Å². The summed E-state index contributed by atoms with van der Waals surface area (Å²) >= 11 is 7.90. The number of halogens is 2. The molecule has 0 amide bonds. The minimum atomic E-state index is -0.628. The molecule has 0 fully saturated rings. The number of ether oxygens (including phenoxy) is 1. The molecule has 8 heteroatoms. The number of aromatic nitrogens is 2. The van der Waals surface area contributed by atoms with Crippen LogP contribution in [0.5, 0.6) is 5.88 Å². The zero-order chi connectivity index (χ0) is 13.7. The highest BCUT2D eigenvalue weighted by Gasteiger charge is 2.08. The molecular formula is C11H11Br2N3O2S. The topological polar surface area (TPSA) is 67.3 Å². The molecular weight excluding hydrogens is 398 g/mol. The van der Waals surface area contributed by atoms with E-state index in [1.807, 2.05) is 18.2 Å². The van der Waals surface area contributed by atoms with Crippen molar-refractivity contribution in [3.63, 3.8) is 0 Å². The molecule has 1 atom stereocenters. The lowest BCUT2D eigenvalue weighted by atomic mass is 10.3. The Morgan fingerprint density at radius 1 is 1.42 bits per heavy atom. The fourth-order valence-electron chi connectivity index (χ4n) is 1.32. The highest BCUT2D eigenvalue weighted by atomic mass is 79.9. The number of rotatable bonds is 6. The Balaban J connectivity index is 1.78. The van der Waals surface area contributed by atoms with Gasteiger partial charge in [0.25, 0.3) is 0 Å². The number of hydrogen-bond acceptors (Lipinski definition) is 6. The zero-order valence-electron chi connectivity index (χ0n) is 9.72. The van der Waals surface area contributed by atoms with Gasteiger partial charge in [-0.05, 0) is 34.1 Å². The number of hydrogen-bond donors (Lipinski definition) is 2. The van der Waals surface area contributed by atoms with Gasteiger partial charge >= 0.3 is 0 Å². The van der Waals surface area contributed by atoms with Gasteiger partial charge in [-0.25, -0.2) is 0 Å². The third-order valence-electron chi connectivity index (χ3n) is 2.22. The molecule has 19 heavy (non-hydrogen) atoms. The van der Waals surface area contributed by atoms with Crippen molar-refractivity contribution in [3.8, 4) is 5.88 Å². The summed E-state index contributed by atoms with van der Waals surface area (Å²) in [6, 6.07) is 5.79. The van der Waals surface area contributed by atoms with E-state index in [0.717, 1.165) is 26.4 Å². The summed E-state index contributed by atoms with van der Waals surface area (Å²) in [6.45, 7) is 0.560. The fraction of sp³-hybridized carbons (Fsp3) is 0.273. The van der Waals surface area contributed by atoms with Crippen molar-refractivity contribution in [2.75, 3.05) is 18.5 Å². The molecule has 0 saturated heterocycles. The molecule has 2 N–H and O–H groups in total. The van der Waals surface area contributed by atoms with Gasteiger partial charge in [0.05, 0.1) is 11.7 Å². The highest BCUT2D eigenvalue weighted by molar-refractivity contribution is 9.11. The number of aliphatic hydroxyl groups excluding tert-OH is 1. The second kappa shape index (κ2) is 7.18. The van der Waals surface area contributed by atoms with Crippen LogP contribution in [-0.4, -0.2) is 33.1 Å². The van der Waals surface area contributed by atoms with Crippen molar-refractivity contribution >= 4 is 49.3 Å². The van der Waals surface area contributed by atoms with Crippen LogP contribution < -0.4 is 10.1 Å². The van der Waals surface area contributed by atoms with Gasteiger partial charge in [-0.2, -0.15) is 4.37 Å². The van der Waals surface area contributed by atoms with Crippen LogP contribution in [0.25, 0.3) is 0 Å². The Morgan fingerprint density at radius 2 is 2.26 bits per heavy atom. The second-order valence-electron chi connectivity index (χ2n) is 3.72. The summed E-state index contributed by atoms with van der Waals surface area (Å²) in [5.41, 5.74) is 0.914. The van der Waals surface area contributed by atoms with E-state index in [-0.39, 0.29) is 6.61 Å². The maximum Gasteiger partial charge on any atom is 0.245 e. The SMILES string of the molecule is OC(CNc1ccc(Br)cc1Br)COc1cnsn1. The van der Waals surface area contributed by atoms with Crippen LogP contribution in [0, 0.1) is 0 Å². The Bertz CT molecular complexity index is 525. The van der Waals surface area contributed by atoms with Crippen molar-refractivity contribution in [3.05, 3.63) is 33.3 Å². The lowest BCUT2D eigenvalue weighted by Gasteiger charge is -2.14. The van der Waals surface area contributed by atoms with Crippen LogP contribution in [0.4, 0.5) is 5.69 Å². The molecule has 2 rings (SSSR count). The minimum absolute atomic E-state index is 0.173. The average Bonchev–Trinajstić information content (AvgIpc) is 2.88. The quantitative estimate of drug-likeness (QED) is 0.769. The first-order valence-corrected chi connectivity index (χ1v) is 7.74. The van der Waals surface area contributed by atoms with E-state index in [4.69, 9.17) is 4.74 Å². The smallest absolute Gasteiger partial charge is 0.245 e. The lowest BCUT2D eigenvalue weighted by Crippen LogP contribution is -2.26.